The van der Waals surface area contributed by atoms with Gasteiger partial charge in [-0.3, -0.25) is 9.59 Å². The topological polar surface area (TPSA) is 117 Å². The maximum atomic E-state index is 11.4. The summed E-state index contributed by atoms with van der Waals surface area (Å²) >= 11 is 0. The molecule has 19 heavy (non-hydrogen) atoms. The van der Waals surface area contributed by atoms with Crippen LogP contribution in [0.25, 0.3) is 0 Å². The van der Waals surface area contributed by atoms with Gasteiger partial charge in [0.15, 0.2) is 6.61 Å². The molecule has 0 fully saturated rings. The highest BCUT2D eigenvalue weighted by Gasteiger charge is 2.04. The van der Waals surface area contributed by atoms with Gasteiger partial charge in [0.2, 0.25) is 11.8 Å². The molecule has 0 bridgehead atoms. The Morgan fingerprint density at radius 3 is 2.53 bits per heavy atom. The molecular weight excluding hydrogens is 248 g/mol. The smallest absolute Gasteiger partial charge is 0.243 e. The summed E-state index contributed by atoms with van der Waals surface area (Å²) in [6.07, 6.45) is 0. The zero-order chi connectivity index (χ0) is 14.1. The molecule has 0 atom stereocenters. The van der Waals surface area contributed by atoms with Crippen molar-refractivity contribution in [2.75, 3.05) is 25.0 Å². The van der Waals surface area contributed by atoms with Gasteiger partial charge in [0.1, 0.15) is 11.8 Å². The minimum Gasteiger partial charge on any atom is -0.479 e. The summed E-state index contributed by atoms with van der Waals surface area (Å²) in [5, 5.41) is 13.3. The Kier molecular flexibility index (Phi) is 5.85. The van der Waals surface area contributed by atoms with E-state index in [4.69, 9.17) is 15.7 Å². The number of anilines is 1. The van der Waals surface area contributed by atoms with Gasteiger partial charge in [-0.1, -0.05) is 0 Å². The van der Waals surface area contributed by atoms with Gasteiger partial charge < -0.3 is 21.1 Å². The van der Waals surface area contributed by atoms with Crippen LogP contribution in [0.2, 0.25) is 0 Å². The average molecular weight is 262 g/mol. The first-order chi connectivity index (χ1) is 9.15. The van der Waals surface area contributed by atoms with Crippen molar-refractivity contribution >= 4 is 17.5 Å². The molecule has 0 aliphatic carbocycles. The predicted molar refractivity (Wildman–Crippen MR) is 68.2 cm³/mol. The first kappa shape index (κ1) is 14.5. The summed E-state index contributed by atoms with van der Waals surface area (Å²) < 4.78 is 5.06. The van der Waals surface area contributed by atoms with E-state index in [9.17, 15) is 9.59 Å². The fourth-order valence-electron chi connectivity index (χ4n) is 1.21. The van der Waals surface area contributed by atoms with Gasteiger partial charge in [-0.25, -0.2) is 0 Å². The number of nitriles is 1. The maximum Gasteiger partial charge on any atom is 0.243 e. The molecule has 0 aliphatic heterocycles. The van der Waals surface area contributed by atoms with E-state index in [1.807, 2.05) is 6.07 Å². The zero-order valence-corrected chi connectivity index (χ0v) is 10.2. The van der Waals surface area contributed by atoms with Crippen molar-refractivity contribution in [3.8, 4) is 11.8 Å². The lowest BCUT2D eigenvalue weighted by atomic mass is 10.3. The molecule has 0 saturated heterocycles. The second kappa shape index (κ2) is 7.68. The van der Waals surface area contributed by atoms with Gasteiger partial charge >= 0.3 is 0 Å². The molecule has 1 aromatic carbocycles. The third-order valence-corrected chi connectivity index (χ3v) is 2.07. The van der Waals surface area contributed by atoms with Crippen molar-refractivity contribution in [1.82, 2.24) is 5.32 Å². The number of carbonyl (C=O) groups excluding carboxylic acids is 2. The Morgan fingerprint density at radius 1 is 1.26 bits per heavy atom. The van der Waals surface area contributed by atoms with E-state index in [1.54, 1.807) is 24.3 Å². The van der Waals surface area contributed by atoms with Gasteiger partial charge in [0.25, 0.3) is 0 Å². The number of nitrogens with zero attached hydrogens (tertiary/aromatic N) is 1. The van der Waals surface area contributed by atoms with Crippen molar-refractivity contribution in [2.24, 2.45) is 5.73 Å². The standard InChI is InChI=1S/C12H14N4O3/c13-5-6-19-10-3-1-9(2-4-10)16-12(18)8-15-11(17)7-14/h1-4H,6-8,14H2,(H,15,17)(H,16,18). The fourth-order valence-corrected chi connectivity index (χ4v) is 1.21. The van der Waals surface area contributed by atoms with Crippen LogP contribution in [0.5, 0.6) is 5.75 Å². The van der Waals surface area contributed by atoms with Crippen LogP contribution in [-0.4, -0.2) is 31.5 Å². The Hall–Kier alpha value is -2.59. The summed E-state index contributed by atoms with van der Waals surface area (Å²) in [5.41, 5.74) is 5.65. The number of nitrogens with one attached hydrogen (secondary N) is 2. The normalized spacial score (nSPS) is 9.26. The van der Waals surface area contributed by atoms with Crippen LogP contribution in [0.3, 0.4) is 0 Å². The number of benzene rings is 1. The molecule has 0 unspecified atom stereocenters. The lowest BCUT2D eigenvalue weighted by Gasteiger charge is -2.07. The maximum absolute atomic E-state index is 11.4. The average Bonchev–Trinajstić information content (AvgIpc) is 2.44. The highest BCUT2D eigenvalue weighted by molar-refractivity contribution is 5.94. The monoisotopic (exact) mass is 262 g/mol. The molecule has 0 saturated carbocycles. The van der Waals surface area contributed by atoms with E-state index < -0.39 is 5.91 Å². The number of nitrogens with two attached hydrogens (primary N) is 1. The van der Waals surface area contributed by atoms with Gasteiger partial charge in [0, 0.05) is 5.69 Å². The number of hydrogen-bond donors (Lipinski definition) is 3. The van der Waals surface area contributed by atoms with Crippen LogP contribution in [-0.2, 0) is 9.59 Å². The largest absolute Gasteiger partial charge is 0.479 e. The molecule has 7 heteroatoms. The molecule has 1 rings (SSSR count). The molecule has 0 aromatic heterocycles. The number of amides is 2. The van der Waals surface area contributed by atoms with E-state index in [0.29, 0.717) is 11.4 Å². The van der Waals surface area contributed by atoms with Gasteiger partial charge in [-0.2, -0.15) is 5.26 Å². The summed E-state index contributed by atoms with van der Waals surface area (Å²) in [6, 6.07) is 8.38. The van der Waals surface area contributed by atoms with Crippen LogP contribution >= 0.6 is 0 Å². The summed E-state index contributed by atoms with van der Waals surface area (Å²) in [7, 11) is 0. The Morgan fingerprint density at radius 2 is 1.95 bits per heavy atom. The fraction of sp³-hybridized carbons (Fsp3) is 0.250. The lowest BCUT2D eigenvalue weighted by Crippen LogP contribution is -2.36. The molecule has 0 spiro atoms. The molecular formula is C12H14N4O3. The van der Waals surface area contributed by atoms with Crippen LogP contribution < -0.4 is 21.1 Å². The van der Waals surface area contributed by atoms with E-state index in [-0.39, 0.29) is 25.6 Å². The van der Waals surface area contributed by atoms with Crippen molar-refractivity contribution in [2.45, 2.75) is 0 Å². The second-order valence-corrected chi connectivity index (χ2v) is 3.50. The van der Waals surface area contributed by atoms with Crippen molar-refractivity contribution < 1.29 is 14.3 Å². The van der Waals surface area contributed by atoms with Crippen molar-refractivity contribution in [1.29, 1.82) is 5.26 Å². The lowest BCUT2D eigenvalue weighted by molar-refractivity contribution is -0.123. The number of rotatable bonds is 6. The van der Waals surface area contributed by atoms with Crippen LogP contribution in [0.15, 0.2) is 24.3 Å². The van der Waals surface area contributed by atoms with Crippen molar-refractivity contribution in [3.05, 3.63) is 24.3 Å². The molecule has 0 heterocycles. The van der Waals surface area contributed by atoms with Crippen molar-refractivity contribution in [3.63, 3.8) is 0 Å². The minimum absolute atomic E-state index is 0.0309. The van der Waals surface area contributed by atoms with Gasteiger partial charge in [0.05, 0.1) is 13.1 Å². The second-order valence-electron chi connectivity index (χ2n) is 3.50. The third kappa shape index (κ3) is 5.52. The summed E-state index contributed by atoms with van der Waals surface area (Å²) in [5.74, 6) is -0.209. The van der Waals surface area contributed by atoms with E-state index in [2.05, 4.69) is 10.6 Å². The Bertz CT molecular complexity index is 479. The SMILES string of the molecule is N#CCOc1ccc(NC(=O)CNC(=O)CN)cc1. The number of ether oxygens (including phenoxy) is 1. The van der Waals surface area contributed by atoms with Crippen LogP contribution in [0.1, 0.15) is 0 Å². The molecule has 1 aromatic rings. The highest BCUT2D eigenvalue weighted by atomic mass is 16.5. The first-order valence-electron chi connectivity index (χ1n) is 5.52. The third-order valence-electron chi connectivity index (χ3n) is 2.07. The molecule has 100 valence electrons. The molecule has 0 radical (unpaired) electrons. The van der Waals surface area contributed by atoms with E-state index >= 15 is 0 Å². The number of hydrogen-bond acceptors (Lipinski definition) is 5. The quantitative estimate of drug-likeness (QED) is 0.645. The number of carbonyl (C=O) groups is 2. The van der Waals surface area contributed by atoms with Gasteiger partial charge in [-0.15, -0.1) is 0 Å². The van der Waals surface area contributed by atoms with Crippen LogP contribution in [0.4, 0.5) is 5.69 Å². The summed E-state index contributed by atoms with van der Waals surface area (Å²) in [6.45, 7) is -0.322. The highest BCUT2D eigenvalue weighted by Crippen LogP contribution is 2.15. The molecule has 0 aliphatic rings. The van der Waals surface area contributed by atoms with Gasteiger partial charge in [-0.05, 0) is 24.3 Å². The minimum atomic E-state index is -0.393. The Balaban J connectivity index is 2.42. The van der Waals surface area contributed by atoms with Crippen LogP contribution in [0, 0.1) is 11.3 Å². The van der Waals surface area contributed by atoms with E-state index in [1.165, 1.54) is 0 Å². The first-order valence-corrected chi connectivity index (χ1v) is 5.52. The molecule has 4 N–H and O–H groups in total. The molecule has 7 nitrogen and oxygen atoms in total. The zero-order valence-electron chi connectivity index (χ0n) is 10.2. The predicted octanol–water partition coefficient (Wildman–Crippen LogP) is -0.398. The molecule has 2 amide bonds. The van der Waals surface area contributed by atoms with E-state index in [0.717, 1.165) is 0 Å². The summed E-state index contributed by atoms with van der Waals surface area (Å²) in [4.78, 5) is 22.3. The Labute approximate surface area is 110 Å².